The summed E-state index contributed by atoms with van der Waals surface area (Å²) in [4.78, 5) is 23.6. The molecule has 6 heteroatoms. The Labute approximate surface area is 186 Å². The van der Waals surface area contributed by atoms with Crippen molar-refractivity contribution in [3.63, 3.8) is 0 Å². The van der Waals surface area contributed by atoms with Crippen molar-refractivity contribution >= 4 is 39.0 Å². The van der Waals surface area contributed by atoms with Crippen molar-refractivity contribution in [3.05, 3.63) is 70.4 Å². The fourth-order valence-electron chi connectivity index (χ4n) is 3.64. The van der Waals surface area contributed by atoms with Crippen LogP contribution in [-0.2, 0) is 4.79 Å². The molecule has 2 heterocycles. The molecule has 2 aromatic carbocycles. The molecule has 4 aromatic rings. The zero-order valence-electron chi connectivity index (χ0n) is 18.2. The summed E-state index contributed by atoms with van der Waals surface area (Å²) in [6, 6.07) is 14.4. The Balaban J connectivity index is 1.52. The summed E-state index contributed by atoms with van der Waals surface area (Å²) in [6.45, 7) is 8.75. The van der Waals surface area contributed by atoms with E-state index in [1.54, 1.807) is 17.7 Å². The SMILES string of the molecule is Cc1ccc(-c2c(C)sc3ncnc(NCCC(=O)Nc4cccc(C)c4C)c23)cc1. The van der Waals surface area contributed by atoms with E-state index >= 15 is 0 Å². The fourth-order valence-corrected chi connectivity index (χ4v) is 4.65. The Morgan fingerprint density at radius 2 is 1.77 bits per heavy atom. The van der Waals surface area contributed by atoms with Crippen LogP contribution in [0.25, 0.3) is 21.3 Å². The van der Waals surface area contributed by atoms with Crippen LogP contribution in [0.1, 0.15) is 28.0 Å². The summed E-state index contributed by atoms with van der Waals surface area (Å²) in [7, 11) is 0. The number of nitrogens with one attached hydrogen (secondary N) is 2. The number of nitrogens with zero attached hydrogens (tertiary/aromatic N) is 2. The maximum Gasteiger partial charge on any atom is 0.226 e. The summed E-state index contributed by atoms with van der Waals surface area (Å²) in [5.41, 5.74) is 6.66. The molecule has 2 aromatic heterocycles. The van der Waals surface area contributed by atoms with E-state index in [-0.39, 0.29) is 5.91 Å². The predicted molar refractivity (Wildman–Crippen MR) is 130 cm³/mol. The second-order valence-electron chi connectivity index (χ2n) is 7.77. The van der Waals surface area contributed by atoms with Crippen LogP contribution in [0.4, 0.5) is 11.5 Å². The number of benzene rings is 2. The molecule has 0 bridgehead atoms. The van der Waals surface area contributed by atoms with E-state index < -0.39 is 0 Å². The third-order valence-corrected chi connectivity index (χ3v) is 6.54. The Morgan fingerprint density at radius 3 is 2.55 bits per heavy atom. The number of carbonyl (C=O) groups is 1. The Kier molecular flexibility index (Phi) is 6.00. The summed E-state index contributed by atoms with van der Waals surface area (Å²) >= 11 is 1.67. The summed E-state index contributed by atoms with van der Waals surface area (Å²) in [5, 5.41) is 7.39. The number of hydrogen-bond donors (Lipinski definition) is 2. The molecule has 0 saturated heterocycles. The average Bonchev–Trinajstić information content (AvgIpc) is 3.09. The molecule has 0 spiro atoms. The average molecular weight is 431 g/mol. The molecule has 0 saturated carbocycles. The first kappa shape index (κ1) is 21.0. The number of hydrogen-bond acceptors (Lipinski definition) is 5. The minimum absolute atomic E-state index is 0.0215. The maximum absolute atomic E-state index is 12.5. The second-order valence-corrected chi connectivity index (χ2v) is 8.98. The Hall–Kier alpha value is -3.25. The zero-order valence-corrected chi connectivity index (χ0v) is 19.1. The van der Waals surface area contributed by atoms with Crippen molar-refractivity contribution in [2.75, 3.05) is 17.2 Å². The highest BCUT2D eigenvalue weighted by molar-refractivity contribution is 7.19. The van der Waals surface area contributed by atoms with Crippen LogP contribution in [-0.4, -0.2) is 22.4 Å². The lowest BCUT2D eigenvalue weighted by atomic mass is 10.0. The van der Waals surface area contributed by atoms with Gasteiger partial charge in [-0.2, -0.15) is 0 Å². The Morgan fingerprint density at radius 1 is 1.00 bits per heavy atom. The first-order chi connectivity index (χ1) is 14.9. The van der Waals surface area contributed by atoms with Gasteiger partial charge in [-0.15, -0.1) is 11.3 Å². The largest absolute Gasteiger partial charge is 0.369 e. The van der Waals surface area contributed by atoms with E-state index in [1.807, 2.05) is 32.0 Å². The van der Waals surface area contributed by atoms with Crippen molar-refractivity contribution in [2.24, 2.45) is 0 Å². The van der Waals surface area contributed by atoms with E-state index in [0.717, 1.165) is 44.0 Å². The number of anilines is 2. The number of fused-ring (bicyclic) bond motifs is 1. The van der Waals surface area contributed by atoms with Crippen LogP contribution >= 0.6 is 11.3 Å². The van der Waals surface area contributed by atoms with Crippen LogP contribution in [0.3, 0.4) is 0 Å². The van der Waals surface area contributed by atoms with Gasteiger partial charge in [0.25, 0.3) is 0 Å². The lowest BCUT2D eigenvalue weighted by molar-refractivity contribution is -0.115. The number of thiophene rings is 1. The van der Waals surface area contributed by atoms with Gasteiger partial charge < -0.3 is 10.6 Å². The van der Waals surface area contributed by atoms with Gasteiger partial charge in [0.2, 0.25) is 5.91 Å². The van der Waals surface area contributed by atoms with E-state index in [1.165, 1.54) is 10.4 Å². The summed E-state index contributed by atoms with van der Waals surface area (Å²) in [6.07, 6.45) is 1.93. The molecule has 0 aliphatic rings. The van der Waals surface area contributed by atoms with Crippen molar-refractivity contribution in [1.82, 2.24) is 9.97 Å². The number of aryl methyl sites for hydroxylation is 3. The van der Waals surface area contributed by atoms with Crippen molar-refractivity contribution < 1.29 is 4.79 Å². The highest BCUT2D eigenvalue weighted by Gasteiger charge is 2.17. The van der Waals surface area contributed by atoms with Gasteiger partial charge >= 0.3 is 0 Å². The van der Waals surface area contributed by atoms with E-state index in [2.05, 4.69) is 58.7 Å². The van der Waals surface area contributed by atoms with Crippen LogP contribution in [0.15, 0.2) is 48.8 Å². The lowest BCUT2D eigenvalue weighted by Gasteiger charge is -2.11. The van der Waals surface area contributed by atoms with Crippen molar-refractivity contribution in [1.29, 1.82) is 0 Å². The molecule has 0 aliphatic heterocycles. The number of rotatable bonds is 6. The highest BCUT2D eigenvalue weighted by atomic mass is 32.1. The first-order valence-corrected chi connectivity index (χ1v) is 11.2. The van der Waals surface area contributed by atoms with Gasteiger partial charge in [-0.1, -0.05) is 42.0 Å². The summed E-state index contributed by atoms with van der Waals surface area (Å²) < 4.78 is 0. The number of amides is 1. The first-order valence-electron chi connectivity index (χ1n) is 10.3. The smallest absolute Gasteiger partial charge is 0.226 e. The van der Waals surface area contributed by atoms with Gasteiger partial charge in [-0.3, -0.25) is 4.79 Å². The molecule has 5 nitrogen and oxygen atoms in total. The number of aromatic nitrogens is 2. The monoisotopic (exact) mass is 430 g/mol. The van der Waals surface area contributed by atoms with Crippen molar-refractivity contribution in [3.8, 4) is 11.1 Å². The lowest BCUT2D eigenvalue weighted by Crippen LogP contribution is -2.17. The molecule has 4 rings (SSSR count). The zero-order chi connectivity index (χ0) is 22.0. The van der Waals surface area contributed by atoms with Gasteiger partial charge in [-0.05, 0) is 50.5 Å². The van der Waals surface area contributed by atoms with Gasteiger partial charge in [0, 0.05) is 29.1 Å². The Bertz CT molecular complexity index is 1240. The van der Waals surface area contributed by atoms with Gasteiger partial charge in [0.1, 0.15) is 17.0 Å². The summed E-state index contributed by atoms with van der Waals surface area (Å²) in [5.74, 6) is 0.746. The molecule has 2 N–H and O–H groups in total. The van der Waals surface area contributed by atoms with Crippen LogP contribution < -0.4 is 10.6 Å². The van der Waals surface area contributed by atoms with Gasteiger partial charge in [0.05, 0.1) is 5.39 Å². The minimum atomic E-state index is -0.0215. The molecule has 158 valence electrons. The molecule has 31 heavy (non-hydrogen) atoms. The van der Waals surface area contributed by atoms with Crippen molar-refractivity contribution in [2.45, 2.75) is 34.1 Å². The minimum Gasteiger partial charge on any atom is -0.369 e. The molecule has 0 fully saturated rings. The second kappa shape index (κ2) is 8.86. The fraction of sp³-hybridized carbons (Fsp3) is 0.240. The van der Waals surface area contributed by atoms with Crippen LogP contribution in [0.2, 0.25) is 0 Å². The highest BCUT2D eigenvalue weighted by Crippen LogP contribution is 2.40. The van der Waals surface area contributed by atoms with E-state index in [4.69, 9.17) is 0 Å². The predicted octanol–water partition coefficient (Wildman–Crippen LogP) is 6.03. The van der Waals surface area contributed by atoms with Gasteiger partial charge in [-0.25, -0.2) is 9.97 Å². The standard InChI is InChI=1S/C25H26N4OS/c1-15-8-10-19(11-9-15)22-18(4)31-25-23(22)24(27-14-28-25)26-13-12-21(30)29-20-7-5-6-16(2)17(20)3/h5-11,14H,12-13H2,1-4H3,(H,29,30)(H,26,27,28). The normalized spacial score (nSPS) is 11.0. The van der Waals surface area contributed by atoms with Crippen LogP contribution in [0, 0.1) is 27.7 Å². The molecule has 0 aliphatic carbocycles. The molecular formula is C25H26N4OS. The number of carbonyl (C=O) groups excluding carboxylic acids is 1. The third kappa shape index (κ3) is 4.44. The van der Waals surface area contributed by atoms with E-state index in [0.29, 0.717) is 13.0 Å². The third-order valence-electron chi connectivity index (χ3n) is 5.53. The van der Waals surface area contributed by atoms with E-state index in [9.17, 15) is 4.79 Å². The molecule has 0 unspecified atom stereocenters. The quantitative estimate of drug-likeness (QED) is 0.392. The van der Waals surface area contributed by atoms with Gasteiger partial charge in [0.15, 0.2) is 0 Å². The maximum atomic E-state index is 12.5. The molecular weight excluding hydrogens is 404 g/mol. The topological polar surface area (TPSA) is 66.9 Å². The van der Waals surface area contributed by atoms with Crippen LogP contribution in [0.5, 0.6) is 0 Å². The molecule has 0 radical (unpaired) electrons. The molecule has 1 amide bonds. The molecule has 0 atom stereocenters.